The van der Waals surface area contributed by atoms with E-state index in [-0.39, 0.29) is 83.0 Å². The Bertz CT molecular complexity index is 2250. The monoisotopic (exact) mass is 712 g/mol. The molecule has 5 aromatic rings. The topological polar surface area (TPSA) is 227 Å². The molecule has 0 fully saturated rings. The maximum Gasteiger partial charge on any atom is 0.326 e. The van der Waals surface area contributed by atoms with Crippen LogP contribution in [0.15, 0.2) is 60.7 Å². The molecule has 1 atom stereocenters. The van der Waals surface area contributed by atoms with Gasteiger partial charge in [0.1, 0.15) is 51.9 Å². The molecule has 0 aliphatic carbocycles. The van der Waals surface area contributed by atoms with Gasteiger partial charge in [0.15, 0.2) is 22.8 Å². The first-order valence-corrected chi connectivity index (χ1v) is 15.8. The van der Waals surface area contributed by atoms with Crippen molar-refractivity contribution in [1.29, 1.82) is 5.41 Å². The number of ether oxygens (including phenoxy) is 1. The van der Waals surface area contributed by atoms with Crippen LogP contribution in [0.1, 0.15) is 71.1 Å². The van der Waals surface area contributed by atoms with E-state index < -0.39 is 23.1 Å². The number of fused-ring (bicyclic) bond motifs is 1. The number of amides is 1. The zero-order chi connectivity index (χ0) is 37.9. The number of nitrogen functional groups attached to an aromatic ring is 2. The van der Waals surface area contributed by atoms with Gasteiger partial charge < -0.3 is 21.5 Å². The van der Waals surface area contributed by atoms with Gasteiger partial charge in [-0.25, -0.2) is 18.7 Å². The van der Waals surface area contributed by atoms with Gasteiger partial charge in [-0.3, -0.25) is 34.0 Å². The molecule has 6 rings (SSSR count). The lowest BCUT2D eigenvalue weighted by atomic mass is 9.84. The number of esters is 1. The van der Waals surface area contributed by atoms with Crippen LogP contribution in [0.5, 0.6) is 0 Å². The lowest BCUT2D eigenvalue weighted by Gasteiger charge is -2.20. The minimum Gasteiger partial charge on any atom is -0.465 e. The third kappa shape index (κ3) is 7.14. The van der Waals surface area contributed by atoms with E-state index in [2.05, 4.69) is 25.5 Å². The quantitative estimate of drug-likeness (QED) is 0.0537. The van der Waals surface area contributed by atoms with Gasteiger partial charge in [0.25, 0.3) is 0 Å². The molecular weight excluding hydrogens is 678 g/mol. The van der Waals surface area contributed by atoms with E-state index in [0.29, 0.717) is 16.8 Å². The van der Waals surface area contributed by atoms with E-state index in [9.17, 15) is 28.0 Å². The highest BCUT2D eigenvalue weighted by atomic mass is 19.1. The number of amidine groups is 1. The van der Waals surface area contributed by atoms with Crippen LogP contribution < -0.4 is 16.8 Å². The van der Waals surface area contributed by atoms with Crippen LogP contribution in [0.4, 0.5) is 20.4 Å². The van der Waals surface area contributed by atoms with E-state index in [1.165, 1.54) is 54.4 Å². The van der Waals surface area contributed by atoms with Gasteiger partial charge in [-0.15, -0.1) is 0 Å². The second kappa shape index (κ2) is 14.7. The summed E-state index contributed by atoms with van der Waals surface area (Å²) in [7, 11) is 0. The summed E-state index contributed by atoms with van der Waals surface area (Å²) >= 11 is 0. The Labute approximate surface area is 295 Å². The Hall–Kier alpha value is -6.65. The molecule has 17 heteroatoms. The molecular formula is C35H34F2N10O5. The predicted octanol–water partition coefficient (Wildman–Crippen LogP) is 3.64. The maximum atomic E-state index is 14.1. The number of carbonyl (C=O) groups is 4. The second-order valence-electron chi connectivity index (χ2n) is 11.8. The van der Waals surface area contributed by atoms with Crippen LogP contribution >= 0.6 is 0 Å². The normalized spacial score (nSPS) is 14.5. The molecule has 1 unspecified atom stereocenters. The number of benzene rings is 2. The Morgan fingerprint density at radius 3 is 1.96 bits per heavy atom. The summed E-state index contributed by atoms with van der Waals surface area (Å²) in [4.78, 5) is 57.3. The van der Waals surface area contributed by atoms with Crippen molar-refractivity contribution < 1.29 is 32.7 Å². The van der Waals surface area contributed by atoms with Crippen LogP contribution in [0.2, 0.25) is 0 Å². The molecule has 1 aliphatic heterocycles. The minimum absolute atomic E-state index is 0.0136. The van der Waals surface area contributed by atoms with Gasteiger partial charge in [0.05, 0.1) is 25.3 Å². The van der Waals surface area contributed by atoms with E-state index in [0.717, 1.165) is 0 Å². The molecule has 4 heterocycles. The highest BCUT2D eigenvalue weighted by Crippen LogP contribution is 2.41. The highest BCUT2D eigenvalue weighted by molar-refractivity contribution is 6.19. The first-order chi connectivity index (χ1) is 24.6. The fraction of sp³-hybridized carbons (Fsp3) is 0.229. The Morgan fingerprint density at radius 1 is 0.904 bits per heavy atom. The van der Waals surface area contributed by atoms with Crippen LogP contribution in [0.25, 0.3) is 11.5 Å². The first-order valence-electron chi connectivity index (χ1n) is 15.8. The summed E-state index contributed by atoms with van der Waals surface area (Å²) in [5.41, 5.74) is 11.6. The molecule has 2 aromatic carbocycles. The van der Waals surface area contributed by atoms with E-state index in [4.69, 9.17) is 21.6 Å². The van der Waals surface area contributed by atoms with Crippen LogP contribution in [-0.2, 0) is 32.8 Å². The lowest BCUT2D eigenvalue weighted by molar-refractivity contribution is -0.152. The zero-order valence-electron chi connectivity index (χ0n) is 28.5. The number of nitrogens with zero attached hydrogens (tertiary/aromatic N) is 6. The number of nitrogens with two attached hydrogens (primary N) is 2. The SMILES string of the molecule is CC(=O)c1cc(C(=N)N)nn1Cc1ccccc1F.CCOC(=O)C1(C)C(=O)Nc2nc(-c3cc(C(C)=O)n(Cc4ccccc4F)n3)nc(N)c21. The zero-order valence-corrected chi connectivity index (χ0v) is 28.5. The molecule has 0 bridgehead atoms. The Kier molecular flexibility index (Phi) is 10.3. The van der Waals surface area contributed by atoms with Crippen LogP contribution in [-0.4, -0.2) is 65.4 Å². The summed E-state index contributed by atoms with van der Waals surface area (Å²) in [6.45, 7) is 5.99. The average molecular weight is 713 g/mol. The Morgan fingerprint density at radius 2 is 1.44 bits per heavy atom. The van der Waals surface area contributed by atoms with Crippen molar-refractivity contribution in [3.63, 3.8) is 0 Å². The molecule has 3 aromatic heterocycles. The summed E-state index contributed by atoms with van der Waals surface area (Å²) in [6, 6.07) is 15.3. The maximum absolute atomic E-state index is 14.1. The fourth-order valence-electron chi connectivity index (χ4n) is 5.45. The summed E-state index contributed by atoms with van der Waals surface area (Å²) in [5.74, 6) is -2.92. The summed E-state index contributed by atoms with van der Waals surface area (Å²) < 4.78 is 35.5. The molecule has 0 saturated heterocycles. The van der Waals surface area contributed by atoms with Crippen molar-refractivity contribution in [2.24, 2.45) is 5.73 Å². The summed E-state index contributed by atoms with van der Waals surface area (Å²) in [5, 5.41) is 18.3. The molecule has 1 amide bonds. The van der Waals surface area contributed by atoms with Gasteiger partial charge in [0.2, 0.25) is 5.91 Å². The van der Waals surface area contributed by atoms with Crippen molar-refractivity contribution in [1.82, 2.24) is 29.5 Å². The van der Waals surface area contributed by atoms with Gasteiger partial charge in [-0.05, 0) is 38.1 Å². The van der Waals surface area contributed by atoms with Gasteiger partial charge in [-0.1, -0.05) is 36.4 Å². The van der Waals surface area contributed by atoms with E-state index in [1.807, 2.05) is 0 Å². The first kappa shape index (κ1) is 36.6. The lowest BCUT2D eigenvalue weighted by Crippen LogP contribution is -2.41. The molecule has 1 aliphatic rings. The average Bonchev–Trinajstić information content (AvgIpc) is 3.78. The number of rotatable bonds is 10. The summed E-state index contributed by atoms with van der Waals surface area (Å²) in [6.07, 6.45) is 0. The predicted molar refractivity (Wildman–Crippen MR) is 185 cm³/mol. The highest BCUT2D eigenvalue weighted by Gasteiger charge is 2.53. The van der Waals surface area contributed by atoms with Crippen LogP contribution in [0.3, 0.4) is 0 Å². The number of halogens is 2. The number of ketones is 2. The van der Waals surface area contributed by atoms with Crippen molar-refractivity contribution in [3.8, 4) is 11.5 Å². The molecule has 0 saturated carbocycles. The fourth-order valence-corrected chi connectivity index (χ4v) is 5.45. The van der Waals surface area contributed by atoms with Crippen LogP contribution in [0, 0.1) is 17.0 Å². The van der Waals surface area contributed by atoms with Crippen molar-refractivity contribution in [2.75, 3.05) is 17.7 Å². The molecule has 0 radical (unpaired) electrons. The number of nitrogens with one attached hydrogen (secondary N) is 2. The largest absolute Gasteiger partial charge is 0.465 e. The van der Waals surface area contributed by atoms with Crippen molar-refractivity contribution in [3.05, 3.63) is 106 Å². The third-order valence-electron chi connectivity index (χ3n) is 8.15. The number of anilines is 2. The van der Waals surface area contributed by atoms with E-state index >= 15 is 0 Å². The van der Waals surface area contributed by atoms with Gasteiger partial charge in [-0.2, -0.15) is 10.2 Å². The molecule has 6 N–H and O–H groups in total. The molecule has 0 spiro atoms. The second-order valence-corrected chi connectivity index (χ2v) is 11.8. The van der Waals surface area contributed by atoms with Gasteiger partial charge in [0, 0.05) is 25.0 Å². The minimum atomic E-state index is -1.69. The number of hydrogen-bond donors (Lipinski definition) is 4. The molecule has 268 valence electrons. The number of carbonyl (C=O) groups excluding carboxylic acids is 4. The smallest absolute Gasteiger partial charge is 0.326 e. The molecule has 52 heavy (non-hydrogen) atoms. The third-order valence-corrected chi connectivity index (χ3v) is 8.15. The standard InChI is InChI=1S/C22H21FN6O4.C13H13FN4O/c1-4-33-21(32)22(3)16-17(24)25-18(26-19(16)27-20(22)31)14-9-15(11(2)30)29(28-14)10-12-7-5-6-8-13(12)23;1-8(19)12-6-11(13(15)16)17-18(12)7-9-4-2-3-5-10(9)14/h5-9H,4,10H2,1-3H3,(H3,24,25,26,27,31);2-6H,7H2,1H3,(H3,15,16). The molecule has 15 nitrogen and oxygen atoms in total. The van der Waals surface area contributed by atoms with E-state index in [1.54, 1.807) is 43.3 Å². The number of aromatic nitrogens is 6. The van der Waals surface area contributed by atoms with Crippen molar-refractivity contribution in [2.45, 2.75) is 46.2 Å². The number of hydrogen-bond acceptors (Lipinski definition) is 11. The van der Waals surface area contributed by atoms with Gasteiger partial charge >= 0.3 is 5.97 Å². The Balaban J connectivity index is 0.000000233. The number of Topliss-reactive ketones (excluding diaryl/α,β-unsaturated/α-hetero) is 2. The van der Waals surface area contributed by atoms with Crippen molar-refractivity contribution >= 4 is 40.9 Å².